The minimum Gasteiger partial charge on any atom is -0.390 e. The summed E-state index contributed by atoms with van der Waals surface area (Å²) >= 11 is 0. The van der Waals surface area contributed by atoms with Crippen LogP contribution in [0.25, 0.3) is 0 Å². The average molecular weight is 313 g/mol. The molecule has 2 fully saturated rings. The van der Waals surface area contributed by atoms with Crippen LogP contribution in [0.3, 0.4) is 0 Å². The molecule has 1 aliphatic heterocycles. The third-order valence-corrected chi connectivity index (χ3v) is 5.67. The average Bonchev–Trinajstić information content (AvgIpc) is 3.00. The SMILES string of the molecule is O=S(=O)(NCCN1CCCC1)c1cc(CO)n(C2CC2)c1. The molecule has 2 aliphatic rings. The summed E-state index contributed by atoms with van der Waals surface area (Å²) < 4.78 is 29.2. The lowest BCUT2D eigenvalue weighted by molar-refractivity contribution is 0.270. The molecule has 1 aromatic heterocycles. The lowest BCUT2D eigenvalue weighted by Gasteiger charge is -2.14. The minimum atomic E-state index is -3.48. The van der Waals surface area contributed by atoms with Crippen LogP contribution in [0.2, 0.25) is 0 Å². The predicted molar refractivity (Wildman–Crippen MR) is 79.5 cm³/mol. The Labute approximate surface area is 125 Å². The second kappa shape index (κ2) is 6.08. The number of hydrogen-bond donors (Lipinski definition) is 2. The Morgan fingerprint density at radius 3 is 2.62 bits per heavy atom. The number of aromatic nitrogens is 1. The molecule has 1 saturated carbocycles. The monoisotopic (exact) mass is 313 g/mol. The van der Waals surface area contributed by atoms with Gasteiger partial charge in [0.15, 0.2) is 0 Å². The van der Waals surface area contributed by atoms with Crippen LogP contribution in [0.1, 0.15) is 37.4 Å². The van der Waals surface area contributed by atoms with E-state index in [9.17, 15) is 13.5 Å². The summed E-state index contributed by atoms with van der Waals surface area (Å²) in [7, 11) is -3.48. The van der Waals surface area contributed by atoms with Gasteiger partial charge in [-0.05, 0) is 44.8 Å². The van der Waals surface area contributed by atoms with Gasteiger partial charge in [0.05, 0.1) is 11.5 Å². The van der Waals surface area contributed by atoms with Crippen LogP contribution in [0, 0.1) is 0 Å². The summed E-state index contributed by atoms with van der Waals surface area (Å²) in [5.74, 6) is 0. The quantitative estimate of drug-likeness (QED) is 0.777. The topological polar surface area (TPSA) is 74.6 Å². The molecular weight excluding hydrogens is 290 g/mol. The molecule has 0 amide bonds. The lowest BCUT2D eigenvalue weighted by Crippen LogP contribution is -2.33. The van der Waals surface area contributed by atoms with Crippen molar-refractivity contribution in [1.29, 1.82) is 0 Å². The summed E-state index contributed by atoms with van der Waals surface area (Å²) in [5.41, 5.74) is 0.678. The highest BCUT2D eigenvalue weighted by Gasteiger charge is 2.28. The third kappa shape index (κ3) is 3.48. The highest BCUT2D eigenvalue weighted by Crippen LogP contribution is 2.37. The van der Waals surface area contributed by atoms with Gasteiger partial charge in [0, 0.05) is 31.0 Å². The number of rotatable bonds is 7. The number of nitrogens with zero attached hydrogens (tertiary/aromatic N) is 2. The predicted octanol–water partition coefficient (Wildman–Crippen LogP) is 0.689. The zero-order chi connectivity index (χ0) is 14.9. The second-order valence-electron chi connectivity index (χ2n) is 5.91. The van der Waals surface area contributed by atoms with Crippen LogP contribution in [-0.2, 0) is 16.6 Å². The van der Waals surface area contributed by atoms with Crippen LogP contribution in [0.15, 0.2) is 17.2 Å². The van der Waals surface area contributed by atoms with E-state index in [0.29, 0.717) is 18.3 Å². The molecule has 0 aromatic carbocycles. The summed E-state index contributed by atoms with van der Waals surface area (Å²) in [6.45, 7) is 3.20. The Morgan fingerprint density at radius 1 is 1.29 bits per heavy atom. The van der Waals surface area contributed by atoms with E-state index < -0.39 is 10.0 Å². The molecule has 1 saturated heterocycles. The van der Waals surface area contributed by atoms with Gasteiger partial charge in [-0.2, -0.15) is 0 Å². The van der Waals surface area contributed by atoms with E-state index in [1.807, 2.05) is 4.57 Å². The van der Waals surface area contributed by atoms with E-state index in [1.165, 1.54) is 12.8 Å². The van der Waals surface area contributed by atoms with Gasteiger partial charge in [-0.15, -0.1) is 0 Å². The van der Waals surface area contributed by atoms with Crippen LogP contribution < -0.4 is 4.72 Å². The maximum Gasteiger partial charge on any atom is 0.242 e. The number of aliphatic hydroxyl groups is 1. The molecule has 3 rings (SSSR count). The molecule has 1 aliphatic carbocycles. The van der Waals surface area contributed by atoms with Gasteiger partial charge >= 0.3 is 0 Å². The second-order valence-corrected chi connectivity index (χ2v) is 7.68. The first-order chi connectivity index (χ1) is 10.1. The molecule has 7 heteroatoms. The molecule has 0 atom stereocenters. The van der Waals surface area contributed by atoms with Crippen molar-refractivity contribution < 1.29 is 13.5 Å². The smallest absolute Gasteiger partial charge is 0.242 e. The Kier molecular flexibility index (Phi) is 4.35. The van der Waals surface area contributed by atoms with E-state index in [4.69, 9.17) is 0 Å². The first kappa shape index (κ1) is 15.0. The largest absolute Gasteiger partial charge is 0.390 e. The fourth-order valence-corrected chi connectivity index (χ4v) is 3.96. The van der Waals surface area contributed by atoms with E-state index in [1.54, 1.807) is 12.3 Å². The normalized spacial score (nSPS) is 20.2. The van der Waals surface area contributed by atoms with Crippen molar-refractivity contribution in [3.05, 3.63) is 18.0 Å². The highest BCUT2D eigenvalue weighted by molar-refractivity contribution is 7.89. The van der Waals surface area contributed by atoms with Crippen molar-refractivity contribution in [1.82, 2.24) is 14.2 Å². The number of hydrogen-bond acceptors (Lipinski definition) is 4. The van der Waals surface area contributed by atoms with Crippen molar-refractivity contribution in [3.8, 4) is 0 Å². The fourth-order valence-electron chi connectivity index (χ4n) is 2.89. The first-order valence-electron chi connectivity index (χ1n) is 7.64. The number of sulfonamides is 1. The van der Waals surface area contributed by atoms with E-state index in [0.717, 1.165) is 32.5 Å². The molecular formula is C14H23N3O3S. The van der Waals surface area contributed by atoms with Crippen LogP contribution >= 0.6 is 0 Å². The fraction of sp³-hybridized carbons (Fsp3) is 0.714. The van der Waals surface area contributed by atoms with Crippen molar-refractivity contribution >= 4 is 10.0 Å². The van der Waals surface area contributed by atoms with Gasteiger partial charge in [-0.25, -0.2) is 13.1 Å². The van der Waals surface area contributed by atoms with Crippen LogP contribution in [0.5, 0.6) is 0 Å². The van der Waals surface area contributed by atoms with Crippen molar-refractivity contribution in [3.63, 3.8) is 0 Å². The van der Waals surface area contributed by atoms with Gasteiger partial charge in [0.2, 0.25) is 10.0 Å². The molecule has 0 radical (unpaired) electrons. The van der Waals surface area contributed by atoms with E-state index in [2.05, 4.69) is 9.62 Å². The third-order valence-electron chi connectivity index (χ3n) is 4.24. The summed E-state index contributed by atoms with van der Waals surface area (Å²) in [6, 6.07) is 1.94. The maximum absolute atomic E-state index is 12.3. The Balaban J connectivity index is 1.63. The zero-order valence-corrected chi connectivity index (χ0v) is 13.0. The standard InChI is InChI=1S/C14H23N3O3S/c18-11-13-9-14(10-17(13)12-3-4-12)21(19,20)15-5-8-16-6-1-2-7-16/h9-10,12,15,18H,1-8,11H2. The first-order valence-corrected chi connectivity index (χ1v) is 9.12. The molecule has 21 heavy (non-hydrogen) atoms. The van der Waals surface area contributed by atoms with Crippen molar-refractivity contribution in [2.24, 2.45) is 0 Å². The summed E-state index contributed by atoms with van der Waals surface area (Å²) in [4.78, 5) is 2.54. The van der Waals surface area contributed by atoms with Crippen LogP contribution in [-0.4, -0.2) is 49.2 Å². The van der Waals surface area contributed by atoms with Gasteiger partial charge < -0.3 is 14.6 Å². The van der Waals surface area contributed by atoms with Gasteiger partial charge in [-0.3, -0.25) is 0 Å². The number of likely N-dealkylation sites (tertiary alicyclic amines) is 1. The van der Waals surface area contributed by atoms with Crippen molar-refractivity contribution in [2.75, 3.05) is 26.2 Å². The molecule has 6 nitrogen and oxygen atoms in total. The summed E-state index contributed by atoms with van der Waals surface area (Å²) in [6.07, 6.45) is 6.18. The van der Waals surface area contributed by atoms with E-state index >= 15 is 0 Å². The Hall–Kier alpha value is -0.890. The minimum absolute atomic E-state index is 0.125. The van der Waals surface area contributed by atoms with Gasteiger partial charge in [0.1, 0.15) is 0 Å². The molecule has 118 valence electrons. The molecule has 0 spiro atoms. The molecule has 1 aromatic rings. The summed E-state index contributed by atoms with van der Waals surface area (Å²) in [5, 5.41) is 9.35. The highest BCUT2D eigenvalue weighted by atomic mass is 32.2. The lowest BCUT2D eigenvalue weighted by atomic mass is 10.4. The van der Waals surface area contributed by atoms with Crippen molar-refractivity contribution in [2.45, 2.75) is 43.2 Å². The number of nitrogens with one attached hydrogen (secondary N) is 1. The van der Waals surface area contributed by atoms with Gasteiger partial charge in [0.25, 0.3) is 0 Å². The molecule has 0 unspecified atom stereocenters. The maximum atomic E-state index is 12.3. The Morgan fingerprint density at radius 2 is 2.00 bits per heavy atom. The number of aliphatic hydroxyl groups excluding tert-OH is 1. The molecule has 0 bridgehead atoms. The van der Waals surface area contributed by atoms with Gasteiger partial charge in [-0.1, -0.05) is 0 Å². The van der Waals surface area contributed by atoms with Crippen LogP contribution in [0.4, 0.5) is 0 Å². The molecule has 2 N–H and O–H groups in total. The Bertz CT molecular complexity index is 587. The molecule has 2 heterocycles. The zero-order valence-electron chi connectivity index (χ0n) is 12.2. The van der Waals surface area contributed by atoms with E-state index in [-0.39, 0.29) is 11.5 Å².